The van der Waals surface area contributed by atoms with Crippen molar-refractivity contribution in [2.24, 2.45) is 0 Å². The maximum absolute atomic E-state index is 12.4. The molecule has 29 heavy (non-hydrogen) atoms. The summed E-state index contributed by atoms with van der Waals surface area (Å²) in [6, 6.07) is 18.1. The summed E-state index contributed by atoms with van der Waals surface area (Å²) in [6.45, 7) is 3.84. The molecule has 1 fully saturated rings. The number of rotatable bonds is 6. The Hall–Kier alpha value is -2.90. The number of amides is 1. The van der Waals surface area contributed by atoms with Gasteiger partial charge in [-0.25, -0.2) is 4.98 Å². The third kappa shape index (κ3) is 4.93. The van der Waals surface area contributed by atoms with Crippen LogP contribution in [-0.2, 0) is 4.79 Å². The minimum absolute atomic E-state index is 0.0196. The number of benzene rings is 2. The van der Waals surface area contributed by atoms with Gasteiger partial charge in [0.1, 0.15) is 5.75 Å². The lowest BCUT2D eigenvalue weighted by Crippen LogP contribution is -2.48. The Morgan fingerprint density at radius 3 is 2.66 bits per heavy atom. The summed E-state index contributed by atoms with van der Waals surface area (Å²) < 4.78 is 5.31. The van der Waals surface area contributed by atoms with Crippen molar-refractivity contribution in [3.8, 4) is 17.0 Å². The van der Waals surface area contributed by atoms with Crippen LogP contribution in [0.4, 0.5) is 10.8 Å². The molecule has 0 saturated carbocycles. The Balaban J connectivity index is 1.27. The maximum atomic E-state index is 12.4. The van der Waals surface area contributed by atoms with E-state index in [1.165, 1.54) is 11.3 Å². The molecule has 6 nitrogen and oxygen atoms in total. The van der Waals surface area contributed by atoms with E-state index in [0.29, 0.717) is 11.7 Å². The van der Waals surface area contributed by atoms with Gasteiger partial charge in [0.05, 0.1) is 19.3 Å². The van der Waals surface area contributed by atoms with Gasteiger partial charge in [0.25, 0.3) is 0 Å². The van der Waals surface area contributed by atoms with Crippen molar-refractivity contribution < 1.29 is 9.53 Å². The van der Waals surface area contributed by atoms with Gasteiger partial charge in [-0.3, -0.25) is 9.69 Å². The topological polar surface area (TPSA) is 57.7 Å². The smallest absolute Gasteiger partial charge is 0.240 e. The van der Waals surface area contributed by atoms with E-state index in [0.717, 1.165) is 48.9 Å². The van der Waals surface area contributed by atoms with Gasteiger partial charge in [-0.05, 0) is 12.1 Å². The monoisotopic (exact) mass is 408 g/mol. The lowest BCUT2D eigenvalue weighted by molar-refractivity contribution is -0.117. The molecule has 1 N–H and O–H groups in total. The summed E-state index contributed by atoms with van der Waals surface area (Å²) in [5.41, 5.74) is 3.10. The van der Waals surface area contributed by atoms with Crippen LogP contribution in [0, 0.1) is 0 Å². The van der Waals surface area contributed by atoms with Gasteiger partial charge >= 0.3 is 0 Å². The Morgan fingerprint density at radius 1 is 1.10 bits per heavy atom. The number of methoxy groups -OCH3 is 1. The number of anilines is 2. The largest absolute Gasteiger partial charge is 0.497 e. The lowest BCUT2D eigenvalue weighted by Gasteiger charge is -2.35. The first-order valence-corrected chi connectivity index (χ1v) is 10.5. The molecular formula is C22H24N4O2S. The van der Waals surface area contributed by atoms with Crippen molar-refractivity contribution in [1.82, 2.24) is 9.88 Å². The number of piperazine rings is 1. The number of carbonyl (C=O) groups is 1. The Kier molecular flexibility index (Phi) is 6.07. The van der Waals surface area contributed by atoms with Crippen LogP contribution in [0.2, 0.25) is 0 Å². The lowest BCUT2D eigenvalue weighted by atomic mass is 10.2. The summed E-state index contributed by atoms with van der Waals surface area (Å²) in [7, 11) is 1.68. The highest BCUT2D eigenvalue weighted by atomic mass is 32.1. The van der Waals surface area contributed by atoms with Crippen molar-refractivity contribution in [2.45, 2.75) is 0 Å². The van der Waals surface area contributed by atoms with Gasteiger partial charge < -0.3 is 15.0 Å². The van der Waals surface area contributed by atoms with Gasteiger partial charge in [0, 0.05) is 48.9 Å². The highest BCUT2D eigenvalue weighted by Crippen LogP contribution is 2.25. The average Bonchev–Trinajstić information content (AvgIpc) is 3.23. The van der Waals surface area contributed by atoms with Crippen LogP contribution >= 0.6 is 11.3 Å². The first-order chi connectivity index (χ1) is 14.2. The fourth-order valence-corrected chi connectivity index (χ4v) is 4.14. The summed E-state index contributed by atoms with van der Waals surface area (Å²) in [4.78, 5) is 21.5. The molecule has 3 aromatic rings. The Morgan fingerprint density at radius 2 is 1.90 bits per heavy atom. The zero-order chi connectivity index (χ0) is 20.1. The average molecular weight is 409 g/mol. The SMILES string of the molecule is COc1cccc(N2CCN(CC(=O)Nc3nc(-c4ccccc4)cs3)CC2)c1. The molecule has 1 aromatic heterocycles. The summed E-state index contributed by atoms with van der Waals surface area (Å²) in [5.74, 6) is 0.844. The van der Waals surface area contributed by atoms with Crippen LogP contribution in [0.1, 0.15) is 0 Å². The van der Waals surface area contributed by atoms with E-state index in [1.54, 1.807) is 7.11 Å². The van der Waals surface area contributed by atoms with E-state index in [9.17, 15) is 4.79 Å². The van der Waals surface area contributed by atoms with E-state index >= 15 is 0 Å². The van der Waals surface area contributed by atoms with Gasteiger partial charge in [-0.15, -0.1) is 11.3 Å². The number of hydrogen-bond donors (Lipinski definition) is 1. The van der Waals surface area contributed by atoms with Crippen LogP contribution in [0.3, 0.4) is 0 Å². The van der Waals surface area contributed by atoms with Crippen molar-refractivity contribution in [1.29, 1.82) is 0 Å². The molecule has 150 valence electrons. The van der Waals surface area contributed by atoms with Crippen LogP contribution in [0.25, 0.3) is 11.3 Å². The van der Waals surface area contributed by atoms with Gasteiger partial charge in [-0.1, -0.05) is 36.4 Å². The van der Waals surface area contributed by atoms with E-state index in [1.807, 2.05) is 47.8 Å². The minimum atomic E-state index is -0.0196. The molecule has 0 spiro atoms. The molecule has 0 atom stereocenters. The standard InChI is InChI=1S/C22H24N4O2S/c1-28-19-9-5-8-18(14-19)26-12-10-25(11-13-26)15-21(27)24-22-23-20(16-29-22)17-6-3-2-4-7-17/h2-9,14,16H,10-13,15H2,1H3,(H,23,24,27). The second kappa shape index (κ2) is 9.07. The minimum Gasteiger partial charge on any atom is -0.497 e. The fraction of sp³-hybridized carbons (Fsp3) is 0.273. The molecule has 0 aliphatic carbocycles. The number of carbonyl (C=O) groups excluding carboxylic acids is 1. The van der Waals surface area contributed by atoms with Gasteiger partial charge in [0.15, 0.2) is 5.13 Å². The first-order valence-electron chi connectivity index (χ1n) is 9.63. The zero-order valence-electron chi connectivity index (χ0n) is 16.4. The van der Waals surface area contributed by atoms with Gasteiger partial charge in [-0.2, -0.15) is 0 Å². The third-order valence-electron chi connectivity index (χ3n) is 4.98. The molecule has 0 radical (unpaired) electrons. The predicted octanol–water partition coefficient (Wildman–Crippen LogP) is 3.58. The fourth-order valence-electron chi connectivity index (χ4n) is 3.41. The summed E-state index contributed by atoms with van der Waals surface area (Å²) in [6.07, 6.45) is 0. The van der Waals surface area contributed by atoms with Crippen molar-refractivity contribution >= 4 is 28.1 Å². The Bertz CT molecular complexity index is 952. The molecular weight excluding hydrogens is 384 g/mol. The predicted molar refractivity (Wildman–Crippen MR) is 118 cm³/mol. The van der Waals surface area contributed by atoms with Crippen LogP contribution in [-0.4, -0.2) is 55.6 Å². The van der Waals surface area contributed by atoms with E-state index < -0.39 is 0 Å². The van der Waals surface area contributed by atoms with Gasteiger partial charge in [0.2, 0.25) is 5.91 Å². The van der Waals surface area contributed by atoms with Crippen molar-refractivity contribution in [2.75, 3.05) is 50.1 Å². The highest BCUT2D eigenvalue weighted by molar-refractivity contribution is 7.14. The second-order valence-corrected chi connectivity index (χ2v) is 7.77. The van der Waals surface area contributed by atoms with Crippen LogP contribution < -0.4 is 15.0 Å². The normalized spacial score (nSPS) is 14.6. The molecule has 1 saturated heterocycles. The molecule has 7 heteroatoms. The van der Waals surface area contributed by atoms with E-state index in [-0.39, 0.29) is 5.91 Å². The van der Waals surface area contributed by atoms with E-state index in [2.05, 4.69) is 32.2 Å². The molecule has 0 bridgehead atoms. The maximum Gasteiger partial charge on any atom is 0.240 e. The quantitative estimate of drug-likeness (QED) is 0.676. The highest BCUT2D eigenvalue weighted by Gasteiger charge is 2.20. The Labute approximate surface area is 174 Å². The van der Waals surface area contributed by atoms with Crippen molar-refractivity contribution in [3.63, 3.8) is 0 Å². The molecule has 2 aromatic carbocycles. The molecule has 1 amide bonds. The van der Waals surface area contributed by atoms with Crippen LogP contribution in [0.15, 0.2) is 60.0 Å². The number of hydrogen-bond acceptors (Lipinski definition) is 6. The number of ether oxygens (including phenoxy) is 1. The number of thiazole rings is 1. The summed E-state index contributed by atoms with van der Waals surface area (Å²) >= 11 is 1.45. The number of aromatic nitrogens is 1. The second-order valence-electron chi connectivity index (χ2n) is 6.92. The molecule has 1 aliphatic rings. The first kappa shape index (κ1) is 19.4. The molecule has 2 heterocycles. The third-order valence-corrected chi connectivity index (χ3v) is 5.74. The van der Waals surface area contributed by atoms with Crippen molar-refractivity contribution in [3.05, 3.63) is 60.0 Å². The molecule has 1 aliphatic heterocycles. The summed E-state index contributed by atoms with van der Waals surface area (Å²) in [5, 5.41) is 5.55. The molecule has 0 unspecified atom stereocenters. The molecule has 4 rings (SSSR count). The number of nitrogens with one attached hydrogen (secondary N) is 1. The van der Waals surface area contributed by atoms with E-state index in [4.69, 9.17) is 4.74 Å². The van der Waals surface area contributed by atoms with Crippen LogP contribution in [0.5, 0.6) is 5.75 Å². The number of nitrogens with zero attached hydrogens (tertiary/aromatic N) is 3. The zero-order valence-corrected chi connectivity index (χ0v) is 17.2.